The van der Waals surface area contributed by atoms with Gasteiger partial charge >= 0.3 is 0 Å². The lowest BCUT2D eigenvalue weighted by Crippen LogP contribution is -2.01. The molecule has 2 aromatic rings. The molecular weight excluding hydrogens is 356 g/mol. The van der Waals surface area contributed by atoms with E-state index in [0.717, 1.165) is 22.6 Å². The maximum absolute atomic E-state index is 6.20. The Balaban J connectivity index is 2.49. The van der Waals surface area contributed by atoms with Crippen LogP contribution in [0.1, 0.15) is 16.0 Å². The standard InChI is InChI=1S/C16H16BrClO3/c1-19-12-8-7-10(9-11(12)18)16(17)15-13(20-2)5-4-6-14(15)21-3/h4-9,16H,1-3H3. The summed E-state index contributed by atoms with van der Waals surface area (Å²) < 4.78 is 16.1. The predicted molar refractivity (Wildman–Crippen MR) is 88.3 cm³/mol. The number of alkyl halides is 1. The molecule has 3 nitrogen and oxygen atoms in total. The summed E-state index contributed by atoms with van der Waals surface area (Å²) >= 11 is 9.90. The summed E-state index contributed by atoms with van der Waals surface area (Å²) in [7, 11) is 4.87. The van der Waals surface area contributed by atoms with Crippen LogP contribution < -0.4 is 14.2 Å². The van der Waals surface area contributed by atoms with Crippen LogP contribution in [-0.4, -0.2) is 21.3 Å². The van der Waals surface area contributed by atoms with Gasteiger partial charge in [0.15, 0.2) is 0 Å². The molecule has 0 spiro atoms. The van der Waals surface area contributed by atoms with Crippen molar-refractivity contribution in [3.8, 4) is 17.2 Å². The average molecular weight is 372 g/mol. The first-order valence-electron chi connectivity index (χ1n) is 6.30. The van der Waals surface area contributed by atoms with E-state index in [1.165, 1.54) is 0 Å². The average Bonchev–Trinajstić information content (AvgIpc) is 2.53. The minimum Gasteiger partial charge on any atom is -0.496 e. The molecule has 0 saturated carbocycles. The molecule has 2 aromatic carbocycles. The molecule has 5 heteroatoms. The maximum Gasteiger partial charge on any atom is 0.137 e. The van der Waals surface area contributed by atoms with Crippen LogP contribution in [0.2, 0.25) is 5.02 Å². The minimum absolute atomic E-state index is 0.105. The Hall–Kier alpha value is -1.39. The Morgan fingerprint density at radius 1 is 0.905 bits per heavy atom. The molecule has 0 heterocycles. The molecule has 0 amide bonds. The van der Waals surface area contributed by atoms with E-state index in [9.17, 15) is 0 Å². The summed E-state index contributed by atoms with van der Waals surface area (Å²) in [6, 6.07) is 11.4. The van der Waals surface area contributed by atoms with E-state index in [0.29, 0.717) is 10.8 Å². The van der Waals surface area contributed by atoms with Crippen molar-refractivity contribution in [1.29, 1.82) is 0 Å². The second-order valence-electron chi connectivity index (χ2n) is 4.33. The summed E-state index contributed by atoms with van der Waals surface area (Å²) in [4.78, 5) is -0.105. The van der Waals surface area contributed by atoms with Gasteiger partial charge in [0.05, 0.1) is 36.7 Å². The molecule has 0 aromatic heterocycles. The normalized spacial score (nSPS) is 11.9. The van der Waals surface area contributed by atoms with Gasteiger partial charge in [-0.25, -0.2) is 0 Å². The van der Waals surface area contributed by atoms with E-state index < -0.39 is 0 Å². The third kappa shape index (κ3) is 3.27. The minimum atomic E-state index is -0.105. The Bertz CT molecular complexity index is 609. The zero-order valence-corrected chi connectivity index (χ0v) is 14.4. The van der Waals surface area contributed by atoms with E-state index in [1.54, 1.807) is 21.3 Å². The Morgan fingerprint density at radius 3 is 1.95 bits per heavy atom. The molecule has 0 saturated heterocycles. The van der Waals surface area contributed by atoms with E-state index in [1.807, 2.05) is 36.4 Å². The van der Waals surface area contributed by atoms with Crippen LogP contribution in [0, 0.1) is 0 Å². The first-order valence-corrected chi connectivity index (χ1v) is 7.60. The third-order valence-corrected chi connectivity index (χ3v) is 4.47. The van der Waals surface area contributed by atoms with Crippen LogP contribution in [0.25, 0.3) is 0 Å². The van der Waals surface area contributed by atoms with Crippen molar-refractivity contribution < 1.29 is 14.2 Å². The largest absolute Gasteiger partial charge is 0.496 e. The number of halogens is 2. The van der Waals surface area contributed by atoms with Gasteiger partial charge in [0.25, 0.3) is 0 Å². The van der Waals surface area contributed by atoms with Gasteiger partial charge in [0.1, 0.15) is 17.2 Å². The first kappa shape index (κ1) is 16.0. The molecule has 0 aliphatic rings. The van der Waals surface area contributed by atoms with Crippen LogP contribution in [0.15, 0.2) is 36.4 Å². The summed E-state index contributed by atoms with van der Waals surface area (Å²) in [6.45, 7) is 0. The fourth-order valence-electron chi connectivity index (χ4n) is 2.14. The molecule has 0 aliphatic carbocycles. The predicted octanol–water partition coefficient (Wildman–Crippen LogP) is 4.85. The molecule has 112 valence electrons. The van der Waals surface area contributed by atoms with E-state index in [4.69, 9.17) is 25.8 Å². The lowest BCUT2D eigenvalue weighted by atomic mass is 10.0. The molecule has 1 atom stereocenters. The van der Waals surface area contributed by atoms with E-state index >= 15 is 0 Å². The summed E-state index contributed by atoms with van der Waals surface area (Å²) in [5.41, 5.74) is 1.91. The fraction of sp³-hybridized carbons (Fsp3) is 0.250. The maximum atomic E-state index is 6.20. The smallest absolute Gasteiger partial charge is 0.137 e. The SMILES string of the molecule is COc1ccc(C(Br)c2c(OC)cccc2OC)cc1Cl. The van der Waals surface area contributed by atoms with Crippen LogP contribution in [-0.2, 0) is 0 Å². The number of benzene rings is 2. The van der Waals surface area contributed by atoms with Gasteiger partial charge in [-0.3, -0.25) is 0 Å². The molecule has 1 unspecified atom stereocenters. The number of hydrogen-bond donors (Lipinski definition) is 0. The Morgan fingerprint density at radius 2 is 1.48 bits per heavy atom. The highest BCUT2D eigenvalue weighted by atomic mass is 79.9. The molecule has 2 rings (SSSR count). The molecule has 0 fully saturated rings. The van der Waals surface area contributed by atoms with Crippen molar-refractivity contribution in [3.05, 3.63) is 52.5 Å². The second kappa shape index (κ2) is 7.05. The summed E-state index contributed by atoms with van der Waals surface area (Å²) in [5, 5.41) is 0.563. The van der Waals surface area contributed by atoms with Gasteiger partial charge in [-0.2, -0.15) is 0 Å². The number of ether oxygens (including phenoxy) is 3. The van der Waals surface area contributed by atoms with E-state index in [-0.39, 0.29) is 4.83 Å². The van der Waals surface area contributed by atoms with Crippen LogP contribution in [0.4, 0.5) is 0 Å². The van der Waals surface area contributed by atoms with Crippen LogP contribution >= 0.6 is 27.5 Å². The highest BCUT2D eigenvalue weighted by Crippen LogP contribution is 2.43. The topological polar surface area (TPSA) is 27.7 Å². The number of rotatable bonds is 5. The van der Waals surface area contributed by atoms with Gasteiger partial charge in [0.2, 0.25) is 0 Å². The van der Waals surface area contributed by atoms with Crippen molar-refractivity contribution in [3.63, 3.8) is 0 Å². The molecule has 0 aliphatic heterocycles. The van der Waals surface area contributed by atoms with Gasteiger partial charge in [0, 0.05) is 0 Å². The second-order valence-corrected chi connectivity index (χ2v) is 5.66. The molecule has 21 heavy (non-hydrogen) atoms. The zero-order valence-electron chi connectivity index (χ0n) is 12.0. The van der Waals surface area contributed by atoms with Gasteiger partial charge in [-0.05, 0) is 29.8 Å². The van der Waals surface area contributed by atoms with Crippen molar-refractivity contribution in [2.45, 2.75) is 4.83 Å². The van der Waals surface area contributed by atoms with Crippen LogP contribution in [0.5, 0.6) is 17.2 Å². The van der Waals surface area contributed by atoms with E-state index in [2.05, 4.69) is 15.9 Å². The van der Waals surface area contributed by atoms with Crippen molar-refractivity contribution >= 4 is 27.5 Å². The number of methoxy groups -OCH3 is 3. The Kier molecular flexibility index (Phi) is 5.37. The lowest BCUT2D eigenvalue weighted by molar-refractivity contribution is 0.386. The third-order valence-electron chi connectivity index (χ3n) is 3.19. The molecule has 0 radical (unpaired) electrons. The highest BCUT2D eigenvalue weighted by molar-refractivity contribution is 9.09. The molecule has 0 N–H and O–H groups in total. The van der Waals surface area contributed by atoms with Crippen molar-refractivity contribution in [1.82, 2.24) is 0 Å². The van der Waals surface area contributed by atoms with Gasteiger partial charge in [-0.1, -0.05) is 39.7 Å². The summed E-state index contributed by atoms with van der Waals surface area (Å²) in [5.74, 6) is 2.15. The molecule has 0 bridgehead atoms. The van der Waals surface area contributed by atoms with Gasteiger partial charge < -0.3 is 14.2 Å². The highest BCUT2D eigenvalue weighted by Gasteiger charge is 2.21. The first-order chi connectivity index (χ1) is 10.1. The van der Waals surface area contributed by atoms with Gasteiger partial charge in [-0.15, -0.1) is 0 Å². The number of hydrogen-bond acceptors (Lipinski definition) is 3. The summed E-state index contributed by atoms with van der Waals surface area (Å²) in [6.07, 6.45) is 0. The Labute approximate surface area is 137 Å². The van der Waals surface area contributed by atoms with Crippen molar-refractivity contribution in [2.75, 3.05) is 21.3 Å². The monoisotopic (exact) mass is 370 g/mol. The van der Waals surface area contributed by atoms with Crippen LogP contribution in [0.3, 0.4) is 0 Å². The zero-order chi connectivity index (χ0) is 15.4. The quantitative estimate of drug-likeness (QED) is 0.703. The lowest BCUT2D eigenvalue weighted by Gasteiger charge is -2.18. The van der Waals surface area contributed by atoms with Crippen molar-refractivity contribution in [2.24, 2.45) is 0 Å². The molecular formula is C16H16BrClO3. The fourth-order valence-corrected chi connectivity index (χ4v) is 3.14.